The Hall–Kier alpha value is 1.28. The van der Waals surface area contributed by atoms with E-state index in [2.05, 4.69) is 101 Å². The number of thioether (sulfide) groups is 4. The quantitative estimate of drug-likeness (QED) is 0.258. The summed E-state index contributed by atoms with van der Waals surface area (Å²) in [6.07, 6.45) is 11.6. The first-order valence-electron chi connectivity index (χ1n) is 13.0. The van der Waals surface area contributed by atoms with Gasteiger partial charge < -0.3 is 9.16 Å². The van der Waals surface area contributed by atoms with Gasteiger partial charge >= 0.3 is 0 Å². The minimum atomic E-state index is -1.94. The Bertz CT molecular complexity index is 722. The van der Waals surface area contributed by atoms with Gasteiger partial charge in [-0.25, -0.2) is 0 Å². The molecule has 33 heavy (non-hydrogen) atoms. The van der Waals surface area contributed by atoms with Crippen LogP contribution in [0.5, 0.6) is 0 Å². The van der Waals surface area contributed by atoms with Crippen molar-refractivity contribution in [3.63, 3.8) is 0 Å². The molecule has 7 heteroatoms. The van der Waals surface area contributed by atoms with Crippen LogP contribution in [0.2, 0.25) is 18.1 Å². The minimum Gasteiger partial charge on any atom is -0.407 e. The van der Waals surface area contributed by atoms with Crippen molar-refractivity contribution in [3.8, 4) is 0 Å². The molecule has 0 saturated carbocycles. The Labute approximate surface area is 221 Å². The average Bonchev–Trinajstić information content (AvgIpc) is 2.77. The highest BCUT2D eigenvalue weighted by Gasteiger charge is 2.54. The molecule has 0 bridgehead atoms. The minimum absolute atomic E-state index is 0.0905. The number of hydrogen-bond acceptors (Lipinski definition) is 6. The Balaban J connectivity index is 1.59. The zero-order valence-corrected chi connectivity index (χ0v) is 26.2. The number of ether oxygens (including phenoxy) is 1. The second kappa shape index (κ2) is 10.2. The fourth-order valence-electron chi connectivity index (χ4n) is 5.35. The SMILES string of the molecule is C[C@H]1O[C@](C)([C@@H](O[Si](C)(C)C(C)(C)C)C2=CCC3(CC2)SCCCS3)CCC12SCCCS2. The van der Waals surface area contributed by atoms with Crippen molar-refractivity contribution in [2.75, 3.05) is 23.0 Å². The molecule has 4 aliphatic rings. The summed E-state index contributed by atoms with van der Waals surface area (Å²) < 4.78 is 15.1. The molecule has 0 amide bonds. The van der Waals surface area contributed by atoms with E-state index in [0.29, 0.717) is 4.08 Å². The van der Waals surface area contributed by atoms with Gasteiger partial charge in [-0.15, -0.1) is 47.0 Å². The fraction of sp³-hybridized carbons (Fsp3) is 0.923. The standard InChI is InChI=1S/C26H46O2S4Si/c1-20-26(31-18-9-19-32-26)15-14-24(5,27-20)22(28-33(6,7)23(2,3)4)21-10-12-25(13-11-21)29-16-8-17-30-25/h10,20,22H,8-9,11-19H2,1-7H3/t20-,22+,24+/m1/s1. The monoisotopic (exact) mass is 546 g/mol. The molecule has 0 N–H and O–H groups in total. The molecule has 3 heterocycles. The van der Waals surface area contributed by atoms with Crippen LogP contribution in [0.25, 0.3) is 0 Å². The van der Waals surface area contributed by atoms with Gasteiger partial charge in [0.15, 0.2) is 8.32 Å². The van der Waals surface area contributed by atoms with E-state index >= 15 is 0 Å². The molecule has 3 fully saturated rings. The average molecular weight is 547 g/mol. The van der Waals surface area contributed by atoms with Crippen LogP contribution in [0.15, 0.2) is 11.6 Å². The van der Waals surface area contributed by atoms with Crippen LogP contribution in [0.3, 0.4) is 0 Å². The molecule has 3 aliphatic heterocycles. The third-order valence-electron chi connectivity index (χ3n) is 8.62. The van der Waals surface area contributed by atoms with Crippen molar-refractivity contribution < 1.29 is 9.16 Å². The summed E-state index contributed by atoms with van der Waals surface area (Å²) in [5, 5.41) is 0.198. The van der Waals surface area contributed by atoms with Gasteiger partial charge in [-0.1, -0.05) is 26.8 Å². The maximum absolute atomic E-state index is 7.30. The van der Waals surface area contributed by atoms with Gasteiger partial charge in [0.1, 0.15) is 0 Å². The first-order chi connectivity index (χ1) is 15.4. The van der Waals surface area contributed by atoms with Gasteiger partial charge in [-0.2, -0.15) is 0 Å². The molecule has 2 spiro atoms. The van der Waals surface area contributed by atoms with E-state index in [9.17, 15) is 0 Å². The fourth-order valence-corrected chi connectivity index (χ4v) is 13.3. The van der Waals surface area contributed by atoms with E-state index in [1.54, 1.807) is 0 Å². The van der Waals surface area contributed by atoms with Gasteiger partial charge in [-0.05, 0) is 106 Å². The van der Waals surface area contributed by atoms with E-state index < -0.39 is 8.32 Å². The van der Waals surface area contributed by atoms with Gasteiger partial charge in [0.05, 0.1) is 26.0 Å². The second-order valence-corrected chi connectivity index (χ2v) is 23.2. The van der Waals surface area contributed by atoms with Crippen molar-refractivity contribution in [2.45, 2.75) is 124 Å². The van der Waals surface area contributed by atoms with Gasteiger partial charge in [-0.3, -0.25) is 0 Å². The Morgan fingerprint density at radius 1 is 1.00 bits per heavy atom. The molecule has 0 unspecified atom stereocenters. The lowest BCUT2D eigenvalue weighted by atomic mass is 9.81. The Morgan fingerprint density at radius 2 is 1.61 bits per heavy atom. The number of rotatable bonds is 4. The van der Waals surface area contributed by atoms with Crippen molar-refractivity contribution in [3.05, 3.63) is 11.6 Å². The molecule has 0 radical (unpaired) electrons. The Kier molecular flexibility index (Phi) is 8.45. The zero-order valence-electron chi connectivity index (χ0n) is 22.0. The molecule has 190 valence electrons. The summed E-state index contributed by atoms with van der Waals surface area (Å²) in [4.78, 5) is 0. The summed E-state index contributed by atoms with van der Waals surface area (Å²) in [7, 11) is -1.94. The molecule has 2 nitrogen and oxygen atoms in total. The van der Waals surface area contributed by atoms with Crippen molar-refractivity contribution in [2.24, 2.45) is 0 Å². The Morgan fingerprint density at radius 3 is 2.12 bits per heavy atom. The lowest BCUT2D eigenvalue weighted by Crippen LogP contribution is -2.59. The third kappa shape index (κ3) is 5.74. The summed E-state index contributed by atoms with van der Waals surface area (Å²) in [6.45, 7) is 16.7. The molecular weight excluding hydrogens is 501 g/mol. The van der Waals surface area contributed by atoms with E-state index in [1.807, 2.05) is 0 Å². The van der Waals surface area contributed by atoms with Crippen LogP contribution in [-0.4, -0.2) is 57.3 Å². The van der Waals surface area contributed by atoms with Crippen LogP contribution < -0.4 is 0 Å². The molecular formula is C26H46O2S4Si. The van der Waals surface area contributed by atoms with Crippen molar-refractivity contribution in [1.29, 1.82) is 0 Å². The van der Waals surface area contributed by atoms with Gasteiger partial charge in [0.2, 0.25) is 0 Å². The summed E-state index contributed by atoms with van der Waals surface area (Å²) in [6, 6.07) is 0. The first kappa shape index (κ1) is 27.3. The summed E-state index contributed by atoms with van der Waals surface area (Å²) in [5.41, 5.74) is 1.30. The largest absolute Gasteiger partial charge is 0.407 e. The molecule has 4 rings (SSSR count). The maximum Gasteiger partial charge on any atom is 0.193 e. The second-order valence-electron chi connectivity index (χ2n) is 12.1. The lowest BCUT2D eigenvalue weighted by molar-refractivity contribution is -0.155. The van der Waals surface area contributed by atoms with E-state index in [4.69, 9.17) is 9.16 Å². The van der Waals surface area contributed by atoms with Crippen molar-refractivity contribution in [1.82, 2.24) is 0 Å². The molecule has 0 aromatic heterocycles. The smallest absolute Gasteiger partial charge is 0.193 e. The number of allylic oxidation sites excluding steroid dienone is 1. The van der Waals surface area contributed by atoms with Crippen LogP contribution in [0.1, 0.15) is 79.6 Å². The highest BCUT2D eigenvalue weighted by atomic mass is 32.2. The summed E-state index contributed by atoms with van der Waals surface area (Å²) in [5.74, 6) is 5.22. The molecule has 0 aromatic carbocycles. The van der Waals surface area contributed by atoms with Crippen LogP contribution in [0.4, 0.5) is 0 Å². The predicted molar refractivity (Wildman–Crippen MR) is 157 cm³/mol. The first-order valence-corrected chi connectivity index (χ1v) is 19.9. The topological polar surface area (TPSA) is 18.5 Å². The van der Waals surface area contributed by atoms with E-state index in [0.717, 1.165) is 6.42 Å². The molecule has 3 atom stereocenters. The molecule has 3 saturated heterocycles. The molecule has 0 aromatic rings. The van der Waals surface area contributed by atoms with Gasteiger partial charge in [0, 0.05) is 0 Å². The van der Waals surface area contributed by atoms with E-state index in [-0.39, 0.29) is 26.9 Å². The molecule has 1 aliphatic carbocycles. The highest BCUT2D eigenvalue weighted by molar-refractivity contribution is 8.19. The summed E-state index contributed by atoms with van der Waals surface area (Å²) >= 11 is 8.75. The van der Waals surface area contributed by atoms with E-state index in [1.165, 1.54) is 67.1 Å². The van der Waals surface area contributed by atoms with Crippen LogP contribution in [0, 0.1) is 0 Å². The lowest BCUT2D eigenvalue weighted by Gasteiger charge is -2.54. The van der Waals surface area contributed by atoms with Gasteiger partial charge in [0.25, 0.3) is 0 Å². The normalized spacial score (nSPS) is 33.7. The van der Waals surface area contributed by atoms with Crippen LogP contribution >= 0.6 is 47.0 Å². The van der Waals surface area contributed by atoms with Crippen LogP contribution in [-0.2, 0) is 9.16 Å². The van der Waals surface area contributed by atoms with Crippen molar-refractivity contribution >= 4 is 55.4 Å². The number of hydrogen-bond donors (Lipinski definition) is 0. The third-order valence-corrected chi connectivity index (χ3v) is 20.3. The maximum atomic E-state index is 7.30. The predicted octanol–water partition coefficient (Wildman–Crippen LogP) is 8.58. The zero-order chi connectivity index (χ0) is 24.0. The highest BCUT2D eigenvalue weighted by Crippen LogP contribution is 2.57.